The van der Waals surface area contributed by atoms with Gasteiger partial charge in [0, 0.05) is 29.1 Å². The van der Waals surface area contributed by atoms with Gasteiger partial charge >= 0.3 is 5.97 Å². The molecule has 0 aliphatic heterocycles. The lowest BCUT2D eigenvalue weighted by atomic mass is 9.93. The van der Waals surface area contributed by atoms with Gasteiger partial charge in [-0.15, -0.1) is 11.3 Å². The number of methoxy groups -OCH3 is 1. The summed E-state index contributed by atoms with van der Waals surface area (Å²) in [4.78, 5) is 43.1. The van der Waals surface area contributed by atoms with Gasteiger partial charge in [0.25, 0.3) is 11.6 Å². The summed E-state index contributed by atoms with van der Waals surface area (Å²) in [6.45, 7) is 4.81. The second-order valence-electron chi connectivity index (χ2n) is 7.16. The van der Waals surface area contributed by atoms with Gasteiger partial charge in [-0.2, -0.15) is 0 Å². The number of ether oxygens (including phenoxy) is 1. The standard InChI is InChI=1S/C20H23N3O5S/c1-4-22(11-18-21-16-6-5-12(2)7-17(16)29-18)19(24)13-8-14(20(25)28-3)10-15(9-13)23(26)27/h8-10,12H,4-7,11H2,1-3H3. The van der Waals surface area contributed by atoms with E-state index in [-0.39, 0.29) is 22.7 Å². The van der Waals surface area contributed by atoms with Crippen LogP contribution in [0.5, 0.6) is 0 Å². The zero-order valence-corrected chi connectivity index (χ0v) is 17.5. The molecule has 154 valence electrons. The first-order valence-electron chi connectivity index (χ1n) is 9.46. The number of nitro benzene ring substituents is 1. The fourth-order valence-corrected chi connectivity index (χ4v) is 4.70. The highest BCUT2D eigenvalue weighted by Gasteiger charge is 2.24. The number of carbonyl (C=O) groups excluding carboxylic acids is 2. The topological polar surface area (TPSA) is 103 Å². The number of aryl methyl sites for hydroxylation is 1. The molecule has 1 aromatic heterocycles. The van der Waals surface area contributed by atoms with E-state index in [1.54, 1.807) is 16.2 Å². The molecule has 0 saturated heterocycles. The normalized spacial score (nSPS) is 15.5. The van der Waals surface area contributed by atoms with E-state index in [9.17, 15) is 19.7 Å². The molecule has 1 amide bonds. The van der Waals surface area contributed by atoms with Crippen molar-refractivity contribution in [1.29, 1.82) is 0 Å². The van der Waals surface area contributed by atoms with Gasteiger partial charge in [-0.3, -0.25) is 14.9 Å². The molecule has 3 rings (SSSR count). The number of fused-ring (bicyclic) bond motifs is 1. The maximum Gasteiger partial charge on any atom is 0.338 e. The van der Waals surface area contributed by atoms with Crippen molar-refractivity contribution in [3.8, 4) is 0 Å². The van der Waals surface area contributed by atoms with E-state index >= 15 is 0 Å². The van der Waals surface area contributed by atoms with Crippen molar-refractivity contribution in [2.75, 3.05) is 13.7 Å². The zero-order chi connectivity index (χ0) is 21.1. The fraction of sp³-hybridized carbons (Fsp3) is 0.450. The molecule has 0 spiro atoms. The first-order chi connectivity index (χ1) is 13.8. The number of hydrogen-bond acceptors (Lipinski definition) is 7. The van der Waals surface area contributed by atoms with Crippen molar-refractivity contribution in [1.82, 2.24) is 9.88 Å². The molecule has 29 heavy (non-hydrogen) atoms. The number of esters is 1. The van der Waals surface area contributed by atoms with E-state index in [2.05, 4.69) is 11.7 Å². The summed E-state index contributed by atoms with van der Waals surface area (Å²) in [5.41, 5.74) is 0.845. The molecule has 0 bridgehead atoms. The molecule has 1 heterocycles. The van der Waals surface area contributed by atoms with Gasteiger partial charge < -0.3 is 9.64 Å². The summed E-state index contributed by atoms with van der Waals surface area (Å²) < 4.78 is 4.65. The molecule has 0 N–H and O–H groups in total. The highest BCUT2D eigenvalue weighted by molar-refractivity contribution is 7.11. The highest BCUT2D eigenvalue weighted by Crippen LogP contribution is 2.30. The van der Waals surface area contributed by atoms with Crippen LogP contribution in [0.15, 0.2) is 18.2 Å². The van der Waals surface area contributed by atoms with Crippen molar-refractivity contribution in [3.05, 3.63) is 55.0 Å². The second kappa shape index (κ2) is 8.69. The molecule has 0 saturated carbocycles. The van der Waals surface area contributed by atoms with Crippen LogP contribution in [0.25, 0.3) is 0 Å². The molecule has 0 radical (unpaired) electrons. The van der Waals surface area contributed by atoms with E-state index < -0.39 is 10.9 Å². The summed E-state index contributed by atoms with van der Waals surface area (Å²) in [5, 5.41) is 12.1. The first-order valence-corrected chi connectivity index (χ1v) is 10.3. The number of carbonyl (C=O) groups is 2. The Morgan fingerprint density at radius 1 is 1.34 bits per heavy atom. The first kappa shape index (κ1) is 20.9. The molecular formula is C20H23N3O5S. The van der Waals surface area contributed by atoms with Gasteiger partial charge in [-0.25, -0.2) is 9.78 Å². The number of nitrogens with zero attached hydrogens (tertiary/aromatic N) is 3. The Morgan fingerprint density at radius 3 is 2.72 bits per heavy atom. The molecular weight excluding hydrogens is 394 g/mol. The smallest absolute Gasteiger partial charge is 0.338 e. The maximum absolute atomic E-state index is 13.0. The Hall–Kier alpha value is -2.81. The summed E-state index contributed by atoms with van der Waals surface area (Å²) in [6, 6.07) is 3.62. The van der Waals surface area contributed by atoms with Crippen molar-refractivity contribution in [2.24, 2.45) is 5.92 Å². The van der Waals surface area contributed by atoms with E-state index in [1.165, 1.54) is 24.1 Å². The van der Waals surface area contributed by atoms with Gasteiger partial charge in [-0.05, 0) is 38.2 Å². The van der Waals surface area contributed by atoms with Crippen LogP contribution >= 0.6 is 11.3 Å². The maximum atomic E-state index is 13.0. The monoisotopic (exact) mass is 417 g/mol. The summed E-state index contributed by atoms with van der Waals surface area (Å²) in [7, 11) is 1.19. The van der Waals surface area contributed by atoms with Crippen LogP contribution in [0.1, 0.15) is 56.6 Å². The molecule has 2 aromatic rings. The van der Waals surface area contributed by atoms with Crippen LogP contribution in [0.2, 0.25) is 0 Å². The number of thiazole rings is 1. The largest absolute Gasteiger partial charge is 0.465 e. The zero-order valence-electron chi connectivity index (χ0n) is 16.6. The molecule has 1 aliphatic rings. The predicted octanol–water partition coefficient (Wildman–Crippen LogP) is 3.63. The number of non-ortho nitro benzene ring substituents is 1. The number of amides is 1. The van der Waals surface area contributed by atoms with Crippen molar-refractivity contribution >= 4 is 28.9 Å². The molecule has 9 heteroatoms. The van der Waals surface area contributed by atoms with E-state index in [0.29, 0.717) is 19.0 Å². The third-order valence-corrected chi connectivity index (χ3v) is 6.13. The van der Waals surface area contributed by atoms with Crippen molar-refractivity contribution in [3.63, 3.8) is 0 Å². The fourth-order valence-electron chi connectivity index (χ4n) is 3.41. The minimum absolute atomic E-state index is 0.0280. The number of aromatic nitrogens is 1. The van der Waals surface area contributed by atoms with Gasteiger partial charge in [0.1, 0.15) is 5.01 Å². The third kappa shape index (κ3) is 4.61. The Balaban J connectivity index is 1.86. The molecule has 8 nitrogen and oxygen atoms in total. The van der Waals surface area contributed by atoms with Crippen LogP contribution in [0.3, 0.4) is 0 Å². The lowest BCUT2D eigenvalue weighted by molar-refractivity contribution is -0.384. The van der Waals surface area contributed by atoms with Gasteiger partial charge in [0.2, 0.25) is 0 Å². The average molecular weight is 417 g/mol. The third-order valence-electron chi connectivity index (χ3n) is 5.02. The minimum atomic E-state index is -0.729. The van der Waals surface area contributed by atoms with Crippen molar-refractivity contribution in [2.45, 2.75) is 39.7 Å². The van der Waals surface area contributed by atoms with Gasteiger partial charge in [0.05, 0.1) is 29.8 Å². The Morgan fingerprint density at radius 2 is 2.07 bits per heavy atom. The summed E-state index contributed by atoms with van der Waals surface area (Å²) in [6.07, 6.45) is 3.09. The summed E-state index contributed by atoms with van der Waals surface area (Å²) in [5.74, 6) is -0.475. The number of hydrogen-bond donors (Lipinski definition) is 0. The van der Waals surface area contributed by atoms with Crippen LogP contribution in [0, 0.1) is 16.0 Å². The van der Waals surface area contributed by atoms with E-state index in [4.69, 9.17) is 4.98 Å². The van der Waals surface area contributed by atoms with Gasteiger partial charge in [-0.1, -0.05) is 6.92 Å². The molecule has 1 aromatic carbocycles. The SMILES string of the molecule is CCN(Cc1nc2c(s1)CC(C)CC2)C(=O)c1cc(C(=O)OC)cc([N+](=O)[O-])c1. The second-order valence-corrected chi connectivity index (χ2v) is 8.33. The van der Waals surface area contributed by atoms with Gasteiger partial charge in [0.15, 0.2) is 0 Å². The Kier molecular flexibility index (Phi) is 6.26. The molecule has 0 fully saturated rings. The minimum Gasteiger partial charge on any atom is -0.465 e. The number of benzene rings is 1. The van der Waals surface area contributed by atoms with E-state index in [1.807, 2.05) is 6.92 Å². The highest BCUT2D eigenvalue weighted by atomic mass is 32.1. The molecule has 1 aliphatic carbocycles. The van der Waals surface area contributed by atoms with Crippen LogP contribution in [0.4, 0.5) is 5.69 Å². The quantitative estimate of drug-likeness (QED) is 0.404. The Bertz CT molecular complexity index is 956. The lowest BCUT2D eigenvalue weighted by Crippen LogP contribution is -2.30. The van der Waals surface area contributed by atoms with Crippen LogP contribution in [-0.4, -0.2) is 40.3 Å². The average Bonchev–Trinajstić information content (AvgIpc) is 3.11. The van der Waals surface area contributed by atoms with Crippen LogP contribution in [-0.2, 0) is 24.1 Å². The van der Waals surface area contributed by atoms with Crippen molar-refractivity contribution < 1.29 is 19.2 Å². The number of nitro groups is 1. The molecule has 1 unspecified atom stereocenters. The van der Waals surface area contributed by atoms with Crippen LogP contribution < -0.4 is 0 Å². The predicted molar refractivity (Wildman–Crippen MR) is 108 cm³/mol. The summed E-state index contributed by atoms with van der Waals surface area (Å²) >= 11 is 1.63. The number of rotatable bonds is 6. The lowest BCUT2D eigenvalue weighted by Gasteiger charge is -2.20. The van der Waals surface area contributed by atoms with E-state index in [0.717, 1.165) is 36.0 Å². The molecule has 1 atom stereocenters. The Labute approximate surface area is 172 Å².